The fourth-order valence-corrected chi connectivity index (χ4v) is 2.02. The Labute approximate surface area is 121 Å². The third-order valence-electron chi connectivity index (χ3n) is 2.93. The summed E-state index contributed by atoms with van der Waals surface area (Å²) in [6.45, 7) is 0.255. The Kier molecular flexibility index (Phi) is 4.44. The zero-order valence-electron chi connectivity index (χ0n) is 11.9. The number of carbonyl (C=O) groups is 1. The van der Waals surface area contributed by atoms with Crippen molar-refractivity contribution in [1.82, 2.24) is 5.16 Å². The highest BCUT2D eigenvalue weighted by molar-refractivity contribution is 5.86. The van der Waals surface area contributed by atoms with Gasteiger partial charge in [0.05, 0.1) is 20.8 Å². The number of carboxylic acid groups (broad SMARTS) is 1. The van der Waals surface area contributed by atoms with Gasteiger partial charge in [0.1, 0.15) is 5.69 Å². The molecule has 0 aliphatic carbocycles. The molecule has 1 N–H and O–H groups in total. The predicted octanol–water partition coefficient (Wildman–Crippen LogP) is 2.20. The van der Waals surface area contributed by atoms with Gasteiger partial charge in [0.2, 0.25) is 5.76 Å². The van der Waals surface area contributed by atoms with E-state index in [9.17, 15) is 4.79 Å². The van der Waals surface area contributed by atoms with Crippen molar-refractivity contribution < 1.29 is 28.6 Å². The monoisotopic (exact) mass is 293 g/mol. The SMILES string of the molecule is COCc1c(-c2cc(C(=O)O)on2)ccc(OC)c1OC. The first-order chi connectivity index (χ1) is 10.1. The summed E-state index contributed by atoms with van der Waals surface area (Å²) >= 11 is 0. The second-order valence-electron chi connectivity index (χ2n) is 4.14. The molecule has 1 aromatic heterocycles. The minimum absolute atomic E-state index is 0.233. The van der Waals surface area contributed by atoms with Gasteiger partial charge in [-0.15, -0.1) is 0 Å². The number of benzene rings is 1. The van der Waals surface area contributed by atoms with Crippen molar-refractivity contribution >= 4 is 5.97 Å². The Bertz CT molecular complexity index is 649. The fraction of sp³-hybridized carbons (Fsp3) is 0.286. The molecular weight excluding hydrogens is 278 g/mol. The van der Waals surface area contributed by atoms with Gasteiger partial charge in [-0.25, -0.2) is 4.79 Å². The summed E-state index contributed by atoms with van der Waals surface area (Å²) in [5.41, 5.74) is 1.75. The molecule has 2 aromatic rings. The molecular formula is C14H15NO6. The third kappa shape index (κ3) is 2.82. The van der Waals surface area contributed by atoms with E-state index in [0.29, 0.717) is 28.3 Å². The normalized spacial score (nSPS) is 10.4. The predicted molar refractivity (Wildman–Crippen MR) is 72.7 cm³/mol. The number of ether oxygens (including phenoxy) is 3. The standard InChI is InChI=1S/C14H15NO6/c1-18-7-9-8(4-5-11(19-2)13(9)20-3)10-6-12(14(16)17)21-15-10/h4-6H,7H2,1-3H3,(H,16,17). The molecule has 0 bridgehead atoms. The van der Waals surface area contributed by atoms with Crippen LogP contribution >= 0.6 is 0 Å². The number of carboxylic acids is 1. The maximum absolute atomic E-state index is 10.9. The van der Waals surface area contributed by atoms with E-state index in [2.05, 4.69) is 5.16 Å². The van der Waals surface area contributed by atoms with Gasteiger partial charge in [-0.3, -0.25) is 0 Å². The van der Waals surface area contributed by atoms with Crippen molar-refractivity contribution in [2.24, 2.45) is 0 Å². The molecule has 7 nitrogen and oxygen atoms in total. The van der Waals surface area contributed by atoms with Crippen LogP contribution in [0.25, 0.3) is 11.3 Å². The van der Waals surface area contributed by atoms with Crippen LogP contribution in [0, 0.1) is 0 Å². The molecule has 0 amide bonds. The largest absolute Gasteiger partial charge is 0.493 e. The zero-order chi connectivity index (χ0) is 15.4. The van der Waals surface area contributed by atoms with Crippen LogP contribution in [0.1, 0.15) is 16.1 Å². The van der Waals surface area contributed by atoms with Crippen molar-refractivity contribution in [2.45, 2.75) is 6.61 Å². The van der Waals surface area contributed by atoms with E-state index in [1.807, 2.05) is 0 Å². The molecule has 0 radical (unpaired) electrons. The quantitative estimate of drug-likeness (QED) is 0.872. The molecule has 21 heavy (non-hydrogen) atoms. The second kappa shape index (κ2) is 6.27. The van der Waals surface area contributed by atoms with Crippen LogP contribution in [0.15, 0.2) is 22.7 Å². The van der Waals surface area contributed by atoms with Crippen LogP contribution in [0.3, 0.4) is 0 Å². The molecule has 0 spiro atoms. The lowest BCUT2D eigenvalue weighted by Gasteiger charge is -2.15. The second-order valence-corrected chi connectivity index (χ2v) is 4.14. The molecule has 1 heterocycles. The van der Waals surface area contributed by atoms with E-state index in [4.69, 9.17) is 23.8 Å². The maximum Gasteiger partial charge on any atom is 0.374 e. The van der Waals surface area contributed by atoms with Gasteiger partial charge in [-0.05, 0) is 12.1 Å². The number of hydrogen-bond donors (Lipinski definition) is 1. The van der Waals surface area contributed by atoms with Crippen LogP contribution in [0.4, 0.5) is 0 Å². The van der Waals surface area contributed by atoms with Gasteiger partial charge in [0, 0.05) is 24.3 Å². The number of aromatic nitrogens is 1. The number of methoxy groups -OCH3 is 3. The van der Waals surface area contributed by atoms with Crippen molar-refractivity contribution in [2.75, 3.05) is 21.3 Å². The Morgan fingerprint density at radius 3 is 2.57 bits per heavy atom. The van der Waals surface area contributed by atoms with E-state index in [0.717, 1.165) is 0 Å². The van der Waals surface area contributed by atoms with Crippen LogP contribution in [0.2, 0.25) is 0 Å². The first kappa shape index (κ1) is 14.9. The number of aromatic carboxylic acids is 1. The summed E-state index contributed by atoms with van der Waals surface area (Å²) < 4.78 is 20.6. The van der Waals surface area contributed by atoms with Gasteiger partial charge in [-0.1, -0.05) is 5.16 Å². The molecule has 2 rings (SSSR count). The third-order valence-corrected chi connectivity index (χ3v) is 2.93. The van der Waals surface area contributed by atoms with E-state index in [-0.39, 0.29) is 12.4 Å². The number of rotatable bonds is 6. The molecule has 1 aromatic carbocycles. The summed E-state index contributed by atoms with van der Waals surface area (Å²) in [6.07, 6.45) is 0. The molecule has 0 saturated heterocycles. The lowest BCUT2D eigenvalue weighted by Crippen LogP contribution is -2.00. The van der Waals surface area contributed by atoms with E-state index < -0.39 is 5.97 Å². The fourth-order valence-electron chi connectivity index (χ4n) is 2.02. The molecule has 0 fully saturated rings. The molecule has 7 heteroatoms. The summed E-state index contributed by atoms with van der Waals surface area (Å²) in [6, 6.07) is 4.81. The lowest BCUT2D eigenvalue weighted by molar-refractivity contribution is 0.0652. The molecule has 112 valence electrons. The van der Waals surface area contributed by atoms with Crippen LogP contribution in [-0.2, 0) is 11.3 Å². The van der Waals surface area contributed by atoms with Gasteiger partial charge in [0.15, 0.2) is 11.5 Å². The van der Waals surface area contributed by atoms with Crippen LogP contribution in [-0.4, -0.2) is 37.6 Å². The Morgan fingerprint density at radius 2 is 2.05 bits per heavy atom. The van der Waals surface area contributed by atoms with Crippen LogP contribution < -0.4 is 9.47 Å². The molecule has 0 aliphatic heterocycles. The highest BCUT2D eigenvalue weighted by Gasteiger charge is 2.20. The number of hydrogen-bond acceptors (Lipinski definition) is 6. The van der Waals surface area contributed by atoms with Gasteiger partial charge >= 0.3 is 5.97 Å². The minimum Gasteiger partial charge on any atom is -0.493 e. The first-order valence-corrected chi connectivity index (χ1v) is 6.05. The van der Waals surface area contributed by atoms with Crippen molar-refractivity contribution in [3.05, 3.63) is 29.5 Å². The molecule has 0 saturated carbocycles. The van der Waals surface area contributed by atoms with Gasteiger partial charge in [-0.2, -0.15) is 0 Å². The summed E-state index contributed by atoms with van der Waals surface area (Å²) in [5, 5.41) is 12.7. The minimum atomic E-state index is -1.18. The maximum atomic E-state index is 10.9. The highest BCUT2D eigenvalue weighted by Crippen LogP contribution is 2.38. The number of nitrogens with zero attached hydrogens (tertiary/aromatic N) is 1. The lowest BCUT2D eigenvalue weighted by atomic mass is 10.0. The van der Waals surface area contributed by atoms with Crippen LogP contribution in [0.5, 0.6) is 11.5 Å². The smallest absolute Gasteiger partial charge is 0.374 e. The molecule has 0 aliphatic rings. The van der Waals surface area contributed by atoms with E-state index in [1.165, 1.54) is 20.3 Å². The molecule has 0 atom stereocenters. The van der Waals surface area contributed by atoms with Crippen molar-refractivity contribution in [1.29, 1.82) is 0 Å². The summed E-state index contributed by atoms with van der Waals surface area (Å²) in [5.74, 6) is -0.349. The van der Waals surface area contributed by atoms with Crippen molar-refractivity contribution in [3.8, 4) is 22.8 Å². The summed E-state index contributed by atoms with van der Waals surface area (Å²) in [4.78, 5) is 10.9. The Hall–Kier alpha value is -2.54. The van der Waals surface area contributed by atoms with Crippen molar-refractivity contribution in [3.63, 3.8) is 0 Å². The average molecular weight is 293 g/mol. The van der Waals surface area contributed by atoms with Gasteiger partial charge in [0.25, 0.3) is 0 Å². The van der Waals surface area contributed by atoms with E-state index >= 15 is 0 Å². The topological polar surface area (TPSA) is 91.0 Å². The Balaban J connectivity index is 2.58. The van der Waals surface area contributed by atoms with Gasteiger partial charge < -0.3 is 23.8 Å². The first-order valence-electron chi connectivity index (χ1n) is 6.05. The Morgan fingerprint density at radius 1 is 1.29 bits per heavy atom. The summed E-state index contributed by atoms with van der Waals surface area (Å²) in [7, 11) is 4.60. The van der Waals surface area contributed by atoms with E-state index in [1.54, 1.807) is 19.2 Å². The highest BCUT2D eigenvalue weighted by atomic mass is 16.5. The zero-order valence-corrected chi connectivity index (χ0v) is 11.9. The average Bonchev–Trinajstić information content (AvgIpc) is 2.96. The molecule has 0 unspecified atom stereocenters.